The van der Waals surface area contributed by atoms with Crippen molar-refractivity contribution in [3.8, 4) is 0 Å². The minimum atomic E-state index is -0.243. The Morgan fingerprint density at radius 2 is 2.43 bits per heavy atom. The third-order valence-electron chi connectivity index (χ3n) is 3.35. The Labute approximate surface area is 84.7 Å². The fraction of sp³-hybridized carbons (Fsp3) is 0.900. The topological polar surface area (TPSA) is 61.5 Å². The summed E-state index contributed by atoms with van der Waals surface area (Å²) in [5.74, 6) is -0.209. The van der Waals surface area contributed by atoms with Crippen molar-refractivity contribution < 1.29 is 14.3 Å². The van der Waals surface area contributed by atoms with E-state index in [4.69, 9.17) is 10.5 Å². The van der Waals surface area contributed by atoms with Gasteiger partial charge in [0.15, 0.2) is 0 Å². The number of carbonyl (C=O) groups excluding carboxylic acids is 1. The van der Waals surface area contributed by atoms with Crippen molar-refractivity contribution in [2.45, 2.75) is 38.8 Å². The maximum atomic E-state index is 11.3. The van der Waals surface area contributed by atoms with Gasteiger partial charge in [-0.15, -0.1) is 0 Å². The third kappa shape index (κ3) is 1.91. The molecule has 1 heterocycles. The molecule has 1 saturated heterocycles. The Morgan fingerprint density at radius 3 is 2.79 bits per heavy atom. The van der Waals surface area contributed by atoms with Crippen LogP contribution >= 0.6 is 0 Å². The summed E-state index contributed by atoms with van der Waals surface area (Å²) in [6, 6.07) is -0.0564. The Balaban J connectivity index is 2.77. The lowest BCUT2D eigenvalue weighted by Crippen LogP contribution is -2.46. The SMILES string of the molecule is COC(=O)CC1(C(C)N)CCOC1C. The first-order valence-electron chi connectivity index (χ1n) is 4.97. The van der Waals surface area contributed by atoms with Gasteiger partial charge in [0.25, 0.3) is 0 Å². The summed E-state index contributed by atoms with van der Waals surface area (Å²) in [5.41, 5.74) is 5.70. The highest BCUT2D eigenvalue weighted by atomic mass is 16.5. The molecule has 1 rings (SSSR count). The Kier molecular flexibility index (Phi) is 3.50. The van der Waals surface area contributed by atoms with Crippen LogP contribution in [-0.2, 0) is 14.3 Å². The second-order valence-corrected chi connectivity index (χ2v) is 4.04. The zero-order valence-corrected chi connectivity index (χ0v) is 9.08. The molecule has 0 bridgehead atoms. The van der Waals surface area contributed by atoms with E-state index in [-0.39, 0.29) is 23.5 Å². The molecule has 0 radical (unpaired) electrons. The van der Waals surface area contributed by atoms with Crippen LogP contribution in [0.5, 0.6) is 0 Å². The zero-order chi connectivity index (χ0) is 10.8. The molecule has 0 spiro atoms. The Hall–Kier alpha value is -0.610. The Bertz CT molecular complexity index is 217. The van der Waals surface area contributed by atoms with Crippen molar-refractivity contribution in [2.75, 3.05) is 13.7 Å². The normalized spacial score (nSPS) is 34.1. The van der Waals surface area contributed by atoms with E-state index in [1.165, 1.54) is 7.11 Å². The lowest BCUT2D eigenvalue weighted by atomic mass is 9.73. The van der Waals surface area contributed by atoms with E-state index in [9.17, 15) is 4.79 Å². The van der Waals surface area contributed by atoms with E-state index >= 15 is 0 Å². The van der Waals surface area contributed by atoms with Crippen LogP contribution in [0.1, 0.15) is 26.7 Å². The predicted octanol–water partition coefficient (Wildman–Crippen LogP) is 0.692. The van der Waals surface area contributed by atoms with Gasteiger partial charge in [-0.2, -0.15) is 0 Å². The van der Waals surface area contributed by atoms with E-state index in [0.717, 1.165) is 6.42 Å². The third-order valence-corrected chi connectivity index (χ3v) is 3.35. The highest BCUT2D eigenvalue weighted by Gasteiger charge is 2.46. The second kappa shape index (κ2) is 4.28. The van der Waals surface area contributed by atoms with Crippen molar-refractivity contribution in [3.05, 3.63) is 0 Å². The smallest absolute Gasteiger partial charge is 0.306 e. The molecule has 0 aromatic heterocycles. The zero-order valence-electron chi connectivity index (χ0n) is 9.08. The van der Waals surface area contributed by atoms with Crippen molar-refractivity contribution in [1.82, 2.24) is 0 Å². The van der Waals surface area contributed by atoms with Gasteiger partial charge in [-0.3, -0.25) is 4.79 Å². The van der Waals surface area contributed by atoms with Crippen LogP contribution in [-0.4, -0.2) is 31.8 Å². The van der Waals surface area contributed by atoms with Gasteiger partial charge in [0, 0.05) is 18.1 Å². The standard InChI is InChI=1S/C10H19NO3/c1-7(11)10(6-9(12)13-3)4-5-14-8(10)2/h7-8H,4-6,11H2,1-3H3. The average molecular weight is 201 g/mol. The lowest BCUT2D eigenvalue weighted by Gasteiger charge is -2.34. The summed E-state index contributed by atoms with van der Waals surface area (Å²) in [7, 11) is 1.40. The van der Waals surface area contributed by atoms with Crippen molar-refractivity contribution in [3.63, 3.8) is 0 Å². The van der Waals surface area contributed by atoms with Crippen LogP contribution in [0.3, 0.4) is 0 Å². The first kappa shape index (κ1) is 11.5. The quantitative estimate of drug-likeness (QED) is 0.682. The summed E-state index contributed by atoms with van der Waals surface area (Å²) < 4.78 is 10.2. The van der Waals surface area contributed by atoms with Crippen LogP contribution in [0.25, 0.3) is 0 Å². The number of esters is 1. The number of carbonyl (C=O) groups is 1. The summed E-state index contributed by atoms with van der Waals surface area (Å²) in [4.78, 5) is 11.3. The fourth-order valence-corrected chi connectivity index (χ4v) is 2.13. The monoisotopic (exact) mass is 201 g/mol. The van der Waals surface area contributed by atoms with Gasteiger partial charge in [0.1, 0.15) is 0 Å². The van der Waals surface area contributed by atoms with Crippen LogP contribution in [0.4, 0.5) is 0 Å². The van der Waals surface area contributed by atoms with Gasteiger partial charge >= 0.3 is 5.97 Å². The van der Waals surface area contributed by atoms with Crippen LogP contribution in [0.2, 0.25) is 0 Å². The molecular formula is C10H19NO3. The molecule has 3 atom stereocenters. The van der Waals surface area contributed by atoms with E-state index in [0.29, 0.717) is 13.0 Å². The van der Waals surface area contributed by atoms with Crippen molar-refractivity contribution in [2.24, 2.45) is 11.1 Å². The highest BCUT2D eigenvalue weighted by molar-refractivity contribution is 5.70. The number of hydrogen-bond donors (Lipinski definition) is 1. The number of nitrogens with two attached hydrogens (primary N) is 1. The predicted molar refractivity (Wildman–Crippen MR) is 52.7 cm³/mol. The minimum Gasteiger partial charge on any atom is -0.469 e. The van der Waals surface area contributed by atoms with Crippen LogP contribution < -0.4 is 5.73 Å². The lowest BCUT2D eigenvalue weighted by molar-refractivity contribution is -0.144. The molecule has 0 aromatic carbocycles. The number of methoxy groups -OCH3 is 1. The fourth-order valence-electron chi connectivity index (χ4n) is 2.13. The second-order valence-electron chi connectivity index (χ2n) is 4.04. The first-order chi connectivity index (χ1) is 6.53. The van der Waals surface area contributed by atoms with Gasteiger partial charge in [-0.1, -0.05) is 0 Å². The minimum absolute atomic E-state index is 0.0293. The summed E-state index contributed by atoms with van der Waals surface area (Å²) >= 11 is 0. The molecular weight excluding hydrogens is 182 g/mol. The first-order valence-corrected chi connectivity index (χ1v) is 4.97. The van der Waals surface area contributed by atoms with E-state index in [1.54, 1.807) is 0 Å². The maximum Gasteiger partial charge on any atom is 0.306 e. The molecule has 2 N–H and O–H groups in total. The van der Waals surface area contributed by atoms with Gasteiger partial charge < -0.3 is 15.2 Å². The van der Waals surface area contributed by atoms with Gasteiger partial charge in [-0.05, 0) is 20.3 Å². The Morgan fingerprint density at radius 1 is 1.79 bits per heavy atom. The largest absolute Gasteiger partial charge is 0.469 e. The summed E-state index contributed by atoms with van der Waals surface area (Å²) in [6.45, 7) is 4.58. The van der Waals surface area contributed by atoms with E-state index < -0.39 is 0 Å². The van der Waals surface area contributed by atoms with Crippen LogP contribution in [0.15, 0.2) is 0 Å². The maximum absolute atomic E-state index is 11.3. The molecule has 3 unspecified atom stereocenters. The molecule has 0 saturated carbocycles. The molecule has 1 fully saturated rings. The molecule has 0 aliphatic carbocycles. The molecule has 14 heavy (non-hydrogen) atoms. The molecule has 0 amide bonds. The van der Waals surface area contributed by atoms with E-state index in [1.807, 2.05) is 13.8 Å². The molecule has 4 nitrogen and oxygen atoms in total. The molecule has 0 aromatic rings. The molecule has 82 valence electrons. The van der Waals surface area contributed by atoms with Crippen LogP contribution in [0, 0.1) is 5.41 Å². The van der Waals surface area contributed by atoms with Gasteiger partial charge in [-0.25, -0.2) is 0 Å². The van der Waals surface area contributed by atoms with E-state index in [2.05, 4.69) is 4.74 Å². The molecule has 4 heteroatoms. The average Bonchev–Trinajstić information content (AvgIpc) is 2.49. The number of ether oxygens (including phenoxy) is 2. The van der Waals surface area contributed by atoms with Crippen molar-refractivity contribution in [1.29, 1.82) is 0 Å². The van der Waals surface area contributed by atoms with Gasteiger partial charge in [0.2, 0.25) is 0 Å². The van der Waals surface area contributed by atoms with Gasteiger partial charge in [0.05, 0.1) is 19.6 Å². The molecule has 1 aliphatic heterocycles. The van der Waals surface area contributed by atoms with Crippen molar-refractivity contribution >= 4 is 5.97 Å². The summed E-state index contributed by atoms with van der Waals surface area (Å²) in [5, 5.41) is 0. The number of hydrogen-bond acceptors (Lipinski definition) is 4. The molecule has 1 aliphatic rings. The number of rotatable bonds is 3. The summed E-state index contributed by atoms with van der Waals surface area (Å²) in [6.07, 6.45) is 1.21. The highest BCUT2D eigenvalue weighted by Crippen LogP contribution is 2.40.